The molecule has 10 heteroatoms. The molecule has 0 unspecified atom stereocenters. The van der Waals surface area contributed by atoms with E-state index in [2.05, 4.69) is 15.3 Å². The molecule has 27 heavy (non-hydrogen) atoms. The Morgan fingerprint density at radius 2 is 1.74 bits per heavy atom. The molecule has 8 nitrogen and oxygen atoms in total. The molecule has 2 aromatic rings. The van der Waals surface area contributed by atoms with Crippen molar-refractivity contribution >= 4 is 47.2 Å². The molecule has 0 spiro atoms. The van der Waals surface area contributed by atoms with Crippen molar-refractivity contribution in [1.29, 1.82) is 0 Å². The molecule has 2 rings (SSSR count). The molecule has 0 saturated carbocycles. The maximum absolute atomic E-state index is 12.0. The lowest BCUT2D eigenvalue weighted by Gasteiger charge is -2.17. The topological polar surface area (TPSA) is 73.8 Å². The number of urea groups is 1. The summed E-state index contributed by atoms with van der Waals surface area (Å²) in [5.41, 5.74) is 0.686. The number of nitrogens with one attached hydrogen (secondary N) is 1. The fourth-order valence-electron chi connectivity index (χ4n) is 2.02. The fourth-order valence-corrected chi connectivity index (χ4v) is 3.18. The van der Waals surface area contributed by atoms with Gasteiger partial charge >= 0.3 is 6.03 Å². The van der Waals surface area contributed by atoms with Gasteiger partial charge in [0.2, 0.25) is 5.95 Å². The molecular formula is C17H24N6O2S2. The van der Waals surface area contributed by atoms with E-state index < -0.39 is 0 Å². The summed E-state index contributed by atoms with van der Waals surface area (Å²) in [4.78, 5) is 30.9. The number of carbonyl (C=O) groups is 1. The van der Waals surface area contributed by atoms with Crippen LogP contribution in [0.3, 0.4) is 0 Å². The number of amides is 2. The Hall–Kier alpha value is -2.17. The summed E-state index contributed by atoms with van der Waals surface area (Å²) >= 11 is 2.72. The Labute approximate surface area is 168 Å². The molecule has 146 valence electrons. The van der Waals surface area contributed by atoms with Crippen LogP contribution < -0.4 is 15.1 Å². The van der Waals surface area contributed by atoms with Crippen LogP contribution in [0.4, 0.5) is 22.2 Å². The Morgan fingerprint density at radius 3 is 2.26 bits per heavy atom. The monoisotopic (exact) mass is 408 g/mol. The van der Waals surface area contributed by atoms with Crippen LogP contribution >= 0.6 is 23.7 Å². The van der Waals surface area contributed by atoms with Gasteiger partial charge in [0.05, 0.1) is 7.11 Å². The summed E-state index contributed by atoms with van der Waals surface area (Å²) in [6.45, 7) is 0. The lowest BCUT2D eigenvalue weighted by molar-refractivity contribution is 0.00527. The molecule has 0 fully saturated rings. The van der Waals surface area contributed by atoms with Gasteiger partial charge in [-0.25, -0.2) is 9.78 Å². The standard InChI is InChI=1S/C17H24N6O2S2/c1-21(2)14-11-15(20-16(19-14)22(3)4)27-13-9-7-12(8-10-13)18-17(24)23(25-5)26-6/h7-11H,1-6H3,(H,18,24). The summed E-state index contributed by atoms with van der Waals surface area (Å²) in [7, 11) is 9.18. The largest absolute Gasteiger partial charge is 0.363 e. The maximum Gasteiger partial charge on any atom is 0.356 e. The van der Waals surface area contributed by atoms with Crippen molar-refractivity contribution in [1.82, 2.24) is 14.4 Å². The van der Waals surface area contributed by atoms with Gasteiger partial charge in [0.1, 0.15) is 10.8 Å². The third kappa shape index (κ3) is 5.91. The van der Waals surface area contributed by atoms with Crippen LogP contribution in [0.15, 0.2) is 40.3 Å². The van der Waals surface area contributed by atoms with Crippen molar-refractivity contribution in [3.05, 3.63) is 30.3 Å². The van der Waals surface area contributed by atoms with Gasteiger partial charge in [-0.05, 0) is 36.2 Å². The first-order valence-electron chi connectivity index (χ1n) is 8.05. The minimum atomic E-state index is -0.340. The van der Waals surface area contributed by atoms with E-state index in [0.29, 0.717) is 11.6 Å². The molecule has 1 heterocycles. The average molecular weight is 409 g/mol. The number of anilines is 3. The molecule has 1 aromatic heterocycles. The second kappa shape index (κ2) is 9.67. The Bertz CT molecular complexity index is 740. The van der Waals surface area contributed by atoms with Crippen LogP contribution in [0, 0.1) is 0 Å². The highest BCUT2D eigenvalue weighted by atomic mass is 32.2. The molecule has 0 aliphatic rings. The van der Waals surface area contributed by atoms with E-state index in [4.69, 9.17) is 4.84 Å². The van der Waals surface area contributed by atoms with Crippen LogP contribution in [0.2, 0.25) is 0 Å². The SMILES string of the molecule is CON(SC)C(=O)Nc1ccc(Sc2cc(N(C)C)nc(N(C)C)n2)cc1. The summed E-state index contributed by atoms with van der Waals surface area (Å²) in [6, 6.07) is 9.16. The van der Waals surface area contributed by atoms with Gasteiger partial charge in [-0.2, -0.15) is 4.98 Å². The molecule has 0 saturated heterocycles. The van der Waals surface area contributed by atoms with Crippen molar-refractivity contribution < 1.29 is 9.63 Å². The van der Waals surface area contributed by atoms with Crippen LogP contribution in [0.1, 0.15) is 0 Å². The Kier molecular flexibility index (Phi) is 7.57. The number of nitrogens with zero attached hydrogens (tertiary/aromatic N) is 5. The lowest BCUT2D eigenvalue weighted by Crippen LogP contribution is -2.27. The number of hydroxylamine groups is 1. The van der Waals surface area contributed by atoms with Gasteiger partial charge in [0.25, 0.3) is 0 Å². The smallest absolute Gasteiger partial charge is 0.356 e. The molecule has 0 aliphatic heterocycles. The number of carbonyl (C=O) groups excluding carboxylic acids is 1. The minimum Gasteiger partial charge on any atom is -0.363 e. The van der Waals surface area contributed by atoms with E-state index in [-0.39, 0.29) is 6.03 Å². The zero-order valence-corrected chi connectivity index (χ0v) is 17.9. The first kappa shape index (κ1) is 21.1. The molecule has 0 bridgehead atoms. The number of benzene rings is 1. The van der Waals surface area contributed by atoms with Crippen molar-refractivity contribution in [2.24, 2.45) is 0 Å². The zero-order chi connectivity index (χ0) is 20.0. The van der Waals surface area contributed by atoms with E-state index in [1.807, 2.05) is 68.3 Å². The summed E-state index contributed by atoms with van der Waals surface area (Å²) in [5, 5.41) is 3.63. The number of hydrogen-bond donors (Lipinski definition) is 1. The van der Waals surface area contributed by atoms with E-state index in [1.54, 1.807) is 6.26 Å². The van der Waals surface area contributed by atoms with Crippen LogP contribution in [-0.2, 0) is 4.84 Å². The minimum absolute atomic E-state index is 0.340. The third-order valence-corrected chi connectivity index (χ3v) is 4.93. The van der Waals surface area contributed by atoms with Crippen molar-refractivity contribution in [2.45, 2.75) is 9.92 Å². The second-order valence-electron chi connectivity index (χ2n) is 5.83. The second-order valence-corrected chi connectivity index (χ2v) is 7.62. The van der Waals surface area contributed by atoms with E-state index in [9.17, 15) is 4.79 Å². The maximum atomic E-state index is 12.0. The van der Waals surface area contributed by atoms with Gasteiger partial charge in [-0.1, -0.05) is 11.8 Å². The predicted octanol–water partition coefficient (Wildman–Crippen LogP) is 3.43. The average Bonchev–Trinajstić information content (AvgIpc) is 2.64. The lowest BCUT2D eigenvalue weighted by atomic mass is 10.3. The van der Waals surface area contributed by atoms with Crippen LogP contribution in [0.25, 0.3) is 0 Å². The Balaban J connectivity index is 2.13. The summed E-state index contributed by atoms with van der Waals surface area (Å²) < 4.78 is 1.16. The third-order valence-electron chi connectivity index (χ3n) is 3.36. The van der Waals surface area contributed by atoms with Gasteiger partial charge in [0.15, 0.2) is 0 Å². The number of aromatic nitrogens is 2. The highest BCUT2D eigenvalue weighted by molar-refractivity contribution is 7.99. The highest BCUT2D eigenvalue weighted by Crippen LogP contribution is 2.30. The Morgan fingerprint density at radius 1 is 1.07 bits per heavy atom. The zero-order valence-electron chi connectivity index (χ0n) is 16.3. The van der Waals surface area contributed by atoms with Crippen molar-refractivity contribution in [3.63, 3.8) is 0 Å². The normalized spacial score (nSPS) is 10.4. The van der Waals surface area contributed by atoms with Crippen LogP contribution in [-0.4, -0.2) is 62.0 Å². The summed E-state index contributed by atoms with van der Waals surface area (Å²) in [5.74, 6) is 1.50. The first-order valence-corrected chi connectivity index (χ1v) is 10.0. The molecule has 0 radical (unpaired) electrons. The quantitative estimate of drug-likeness (QED) is 0.424. The predicted molar refractivity (Wildman–Crippen MR) is 113 cm³/mol. The van der Waals surface area contributed by atoms with Crippen molar-refractivity contribution in [2.75, 3.05) is 56.7 Å². The van der Waals surface area contributed by atoms with Gasteiger partial charge in [-0.3, -0.25) is 4.84 Å². The van der Waals surface area contributed by atoms with Gasteiger partial charge < -0.3 is 15.1 Å². The van der Waals surface area contributed by atoms with E-state index >= 15 is 0 Å². The van der Waals surface area contributed by atoms with Gasteiger partial charge in [0, 0.05) is 51.1 Å². The molecule has 0 aliphatic carbocycles. The molecule has 2 amide bonds. The fraction of sp³-hybridized carbons (Fsp3) is 0.353. The summed E-state index contributed by atoms with van der Waals surface area (Å²) in [6.07, 6.45) is 1.76. The number of hydrogen-bond acceptors (Lipinski definition) is 8. The van der Waals surface area contributed by atoms with Crippen LogP contribution in [0.5, 0.6) is 0 Å². The number of rotatable bonds is 7. The van der Waals surface area contributed by atoms with E-state index in [0.717, 1.165) is 20.2 Å². The van der Waals surface area contributed by atoms with Gasteiger partial charge in [-0.15, -0.1) is 4.47 Å². The molecule has 1 N–H and O–H groups in total. The molecular weight excluding hydrogens is 384 g/mol. The first-order chi connectivity index (χ1) is 12.8. The molecule has 0 atom stereocenters. The van der Waals surface area contributed by atoms with Crippen molar-refractivity contribution in [3.8, 4) is 0 Å². The van der Waals surface area contributed by atoms with E-state index in [1.165, 1.54) is 30.8 Å². The molecule has 1 aromatic carbocycles. The highest BCUT2D eigenvalue weighted by Gasteiger charge is 2.13.